The summed E-state index contributed by atoms with van der Waals surface area (Å²) in [6.45, 7) is 0. The maximum absolute atomic E-state index is 10.1. The molecule has 0 bridgehead atoms. The van der Waals surface area contributed by atoms with E-state index in [0.717, 1.165) is 18.2 Å². The third-order valence-electron chi connectivity index (χ3n) is 1.82. The third-order valence-corrected chi connectivity index (χ3v) is 1.82. The predicted molar refractivity (Wildman–Crippen MR) is 54.0 cm³/mol. The van der Waals surface area contributed by atoms with Gasteiger partial charge in [-0.25, -0.2) is 0 Å². The van der Waals surface area contributed by atoms with E-state index in [2.05, 4.69) is 0 Å². The molecule has 1 aromatic rings. The lowest BCUT2D eigenvalue weighted by molar-refractivity contribution is -0.403. The number of nitrogens with two attached hydrogens (primary N) is 1. The SMILES string of the molecule is N/C(=C/[N+](=O)[O-])CCc1ccccc1. The van der Waals surface area contributed by atoms with Gasteiger partial charge in [0.05, 0.1) is 10.6 Å². The summed E-state index contributed by atoms with van der Waals surface area (Å²) in [7, 11) is 0. The van der Waals surface area contributed by atoms with Crippen LogP contribution in [0.1, 0.15) is 12.0 Å². The molecule has 1 aromatic carbocycles. The largest absolute Gasteiger partial charge is 0.397 e. The topological polar surface area (TPSA) is 69.2 Å². The lowest BCUT2D eigenvalue weighted by Gasteiger charge is -1.99. The summed E-state index contributed by atoms with van der Waals surface area (Å²) in [6, 6.07) is 9.74. The van der Waals surface area contributed by atoms with Crippen molar-refractivity contribution >= 4 is 0 Å². The predicted octanol–water partition coefficient (Wildman–Crippen LogP) is 1.70. The quantitative estimate of drug-likeness (QED) is 0.583. The second kappa shape index (κ2) is 5.01. The summed E-state index contributed by atoms with van der Waals surface area (Å²) in [5.74, 6) is 0. The maximum atomic E-state index is 10.1. The van der Waals surface area contributed by atoms with E-state index in [1.807, 2.05) is 30.3 Å². The van der Waals surface area contributed by atoms with Crippen LogP contribution in [-0.2, 0) is 6.42 Å². The summed E-state index contributed by atoms with van der Waals surface area (Å²) in [5.41, 5.74) is 6.88. The van der Waals surface area contributed by atoms with Crippen molar-refractivity contribution in [2.45, 2.75) is 12.8 Å². The molecule has 0 aromatic heterocycles. The van der Waals surface area contributed by atoms with Crippen LogP contribution in [0.5, 0.6) is 0 Å². The first-order valence-electron chi connectivity index (χ1n) is 4.32. The van der Waals surface area contributed by atoms with E-state index in [4.69, 9.17) is 5.73 Å². The van der Waals surface area contributed by atoms with Crippen LogP contribution in [0.4, 0.5) is 0 Å². The number of allylic oxidation sites excluding steroid dienone is 1. The van der Waals surface area contributed by atoms with E-state index in [0.29, 0.717) is 12.1 Å². The zero-order valence-corrected chi connectivity index (χ0v) is 7.72. The summed E-state index contributed by atoms with van der Waals surface area (Å²) >= 11 is 0. The number of aryl methyl sites for hydroxylation is 1. The average molecular weight is 192 g/mol. The minimum Gasteiger partial charge on any atom is -0.397 e. The lowest BCUT2D eigenvalue weighted by Crippen LogP contribution is -2.02. The number of nitrogens with zero attached hydrogens (tertiary/aromatic N) is 1. The van der Waals surface area contributed by atoms with Crippen molar-refractivity contribution in [1.82, 2.24) is 0 Å². The van der Waals surface area contributed by atoms with Crippen molar-refractivity contribution in [2.24, 2.45) is 5.73 Å². The molecule has 4 heteroatoms. The molecule has 0 amide bonds. The molecule has 0 fully saturated rings. The highest BCUT2D eigenvalue weighted by atomic mass is 16.6. The smallest absolute Gasteiger partial charge is 0.252 e. The van der Waals surface area contributed by atoms with Gasteiger partial charge in [-0.05, 0) is 18.4 Å². The van der Waals surface area contributed by atoms with Crippen LogP contribution in [0.25, 0.3) is 0 Å². The van der Waals surface area contributed by atoms with Crippen LogP contribution >= 0.6 is 0 Å². The van der Waals surface area contributed by atoms with Crippen LogP contribution in [0.3, 0.4) is 0 Å². The van der Waals surface area contributed by atoms with Crippen molar-refractivity contribution in [3.63, 3.8) is 0 Å². The van der Waals surface area contributed by atoms with Gasteiger partial charge in [0.2, 0.25) is 0 Å². The molecule has 0 radical (unpaired) electrons. The molecule has 0 saturated carbocycles. The molecule has 0 spiro atoms. The molecular weight excluding hydrogens is 180 g/mol. The Morgan fingerprint density at radius 1 is 1.43 bits per heavy atom. The van der Waals surface area contributed by atoms with Crippen molar-refractivity contribution in [3.05, 3.63) is 57.9 Å². The normalized spacial score (nSPS) is 11.3. The van der Waals surface area contributed by atoms with E-state index >= 15 is 0 Å². The van der Waals surface area contributed by atoms with E-state index in [1.54, 1.807) is 0 Å². The molecule has 2 N–H and O–H groups in total. The van der Waals surface area contributed by atoms with Crippen molar-refractivity contribution < 1.29 is 4.92 Å². The zero-order valence-electron chi connectivity index (χ0n) is 7.72. The number of rotatable bonds is 4. The standard InChI is InChI=1S/C10H12N2O2/c11-10(8-12(13)14)7-6-9-4-2-1-3-5-9/h1-5,8H,6-7,11H2/b10-8+. The van der Waals surface area contributed by atoms with E-state index in [1.165, 1.54) is 0 Å². The summed E-state index contributed by atoms with van der Waals surface area (Å²) < 4.78 is 0. The van der Waals surface area contributed by atoms with Crippen LogP contribution in [0.15, 0.2) is 42.2 Å². The van der Waals surface area contributed by atoms with E-state index < -0.39 is 4.92 Å². The molecule has 4 nitrogen and oxygen atoms in total. The Balaban J connectivity index is 2.45. The van der Waals surface area contributed by atoms with Gasteiger partial charge in [-0.15, -0.1) is 0 Å². The van der Waals surface area contributed by atoms with Crippen molar-refractivity contribution in [2.75, 3.05) is 0 Å². The van der Waals surface area contributed by atoms with Gasteiger partial charge in [0, 0.05) is 0 Å². The second-order valence-corrected chi connectivity index (χ2v) is 2.97. The molecule has 0 saturated heterocycles. The second-order valence-electron chi connectivity index (χ2n) is 2.97. The summed E-state index contributed by atoms with van der Waals surface area (Å²) in [5, 5.41) is 10.1. The number of nitro groups is 1. The highest BCUT2D eigenvalue weighted by Gasteiger charge is 1.98. The molecule has 0 heterocycles. The fourth-order valence-electron chi connectivity index (χ4n) is 1.13. The third kappa shape index (κ3) is 3.71. The maximum Gasteiger partial charge on any atom is 0.252 e. The number of hydrogen-bond acceptors (Lipinski definition) is 3. The lowest BCUT2D eigenvalue weighted by atomic mass is 10.1. The minimum absolute atomic E-state index is 0.304. The Kier molecular flexibility index (Phi) is 3.67. The zero-order chi connectivity index (χ0) is 10.4. The fraction of sp³-hybridized carbons (Fsp3) is 0.200. The molecule has 14 heavy (non-hydrogen) atoms. The van der Waals surface area contributed by atoms with Crippen molar-refractivity contribution in [1.29, 1.82) is 0 Å². The monoisotopic (exact) mass is 192 g/mol. The van der Waals surface area contributed by atoms with Crippen LogP contribution in [-0.4, -0.2) is 4.92 Å². The van der Waals surface area contributed by atoms with Gasteiger partial charge in [0.15, 0.2) is 0 Å². The molecule has 1 rings (SSSR count). The van der Waals surface area contributed by atoms with Crippen LogP contribution in [0.2, 0.25) is 0 Å². The van der Waals surface area contributed by atoms with Crippen LogP contribution < -0.4 is 5.73 Å². The van der Waals surface area contributed by atoms with E-state index in [-0.39, 0.29) is 0 Å². The Bertz CT molecular complexity index is 333. The van der Waals surface area contributed by atoms with Gasteiger partial charge in [-0.2, -0.15) is 0 Å². The van der Waals surface area contributed by atoms with Gasteiger partial charge in [0.1, 0.15) is 0 Å². The molecule has 0 atom stereocenters. The first-order valence-corrected chi connectivity index (χ1v) is 4.32. The Morgan fingerprint density at radius 3 is 2.64 bits per heavy atom. The summed E-state index contributed by atoms with van der Waals surface area (Å²) in [4.78, 5) is 9.54. The first-order chi connectivity index (χ1) is 6.68. The first kappa shape index (κ1) is 10.2. The molecule has 0 aliphatic carbocycles. The highest BCUT2D eigenvalue weighted by molar-refractivity contribution is 5.15. The Labute approximate surface area is 82.2 Å². The van der Waals surface area contributed by atoms with Gasteiger partial charge < -0.3 is 5.73 Å². The average Bonchev–Trinajstić information content (AvgIpc) is 2.15. The number of hydrogen-bond donors (Lipinski definition) is 1. The molecular formula is C10H12N2O2. The van der Waals surface area contributed by atoms with E-state index in [9.17, 15) is 10.1 Å². The number of benzene rings is 1. The van der Waals surface area contributed by atoms with Gasteiger partial charge in [-0.3, -0.25) is 10.1 Å². The van der Waals surface area contributed by atoms with Gasteiger partial charge in [0.25, 0.3) is 6.20 Å². The molecule has 0 aliphatic rings. The fourth-order valence-corrected chi connectivity index (χ4v) is 1.13. The minimum atomic E-state index is -0.527. The molecule has 0 aliphatic heterocycles. The highest BCUT2D eigenvalue weighted by Crippen LogP contribution is 2.05. The van der Waals surface area contributed by atoms with Crippen molar-refractivity contribution in [3.8, 4) is 0 Å². The molecule has 74 valence electrons. The Morgan fingerprint density at radius 2 is 2.07 bits per heavy atom. The Hall–Kier alpha value is -1.84. The summed E-state index contributed by atoms with van der Waals surface area (Å²) in [6.07, 6.45) is 2.10. The molecule has 0 unspecified atom stereocenters. The van der Waals surface area contributed by atoms with Gasteiger partial charge >= 0.3 is 0 Å². The van der Waals surface area contributed by atoms with Crippen LogP contribution in [0, 0.1) is 10.1 Å². The van der Waals surface area contributed by atoms with Gasteiger partial charge in [-0.1, -0.05) is 30.3 Å².